The van der Waals surface area contributed by atoms with Crippen LogP contribution in [0.3, 0.4) is 0 Å². The second kappa shape index (κ2) is 21.6. The summed E-state index contributed by atoms with van der Waals surface area (Å²) < 4.78 is 12.6. The average Bonchev–Trinajstić information content (AvgIpc) is 3.15. The summed E-state index contributed by atoms with van der Waals surface area (Å²) >= 11 is 6.60. The number of ketones is 1. The number of aryl methyl sites for hydroxylation is 1. The van der Waals surface area contributed by atoms with Crippen molar-refractivity contribution in [1.82, 2.24) is 0 Å². The van der Waals surface area contributed by atoms with E-state index in [0.29, 0.717) is 12.1 Å². The first kappa shape index (κ1) is 45.0. The van der Waals surface area contributed by atoms with Gasteiger partial charge in [0.15, 0.2) is 5.78 Å². The number of para-hydroxylation sites is 1. The van der Waals surface area contributed by atoms with Crippen LogP contribution in [0, 0.1) is 5.41 Å². The molecule has 9 nitrogen and oxygen atoms in total. The van der Waals surface area contributed by atoms with Gasteiger partial charge in [0.05, 0.1) is 5.56 Å². The molecule has 55 heavy (non-hydrogen) atoms. The number of halogens is 1. The van der Waals surface area contributed by atoms with Crippen LogP contribution in [0.15, 0.2) is 72.8 Å². The molecule has 0 radical (unpaired) electrons. The highest BCUT2D eigenvalue weighted by molar-refractivity contribution is 6.33. The van der Waals surface area contributed by atoms with E-state index in [-0.39, 0.29) is 29.0 Å². The third-order valence-electron chi connectivity index (χ3n) is 9.77. The van der Waals surface area contributed by atoms with E-state index in [1.165, 1.54) is 88.1 Å². The molecule has 0 aliphatic rings. The molecule has 0 heterocycles. The third-order valence-corrected chi connectivity index (χ3v) is 10.3. The highest BCUT2D eigenvalue weighted by Crippen LogP contribution is 2.40. The van der Waals surface area contributed by atoms with E-state index < -0.39 is 39.6 Å². The molecule has 10 heteroatoms. The zero-order chi connectivity index (χ0) is 40.5. The van der Waals surface area contributed by atoms with Crippen molar-refractivity contribution in [3.8, 4) is 11.5 Å². The van der Waals surface area contributed by atoms with Crippen molar-refractivity contribution in [2.24, 2.45) is 11.1 Å². The van der Waals surface area contributed by atoms with Crippen molar-refractivity contribution < 1.29 is 33.8 Å². The first-order valence-corrected chi connectivity index (χ1v) is 20.3. The Hall–Kier alpha value is -4.37. The molecule has 3 rings (SSSR count). The Balaban J connectivity index is 2.02. The molecule has 3 aromatic rings. The van der Waals surface area contributed by atoms with Gasteiger partial charge in [-0.1, -0.05) is 148 Å². The number of carbonyl (C=O) groups excluding carboxylic acids is 3. The predicted octanol–water partition coefficient (Wildman–Crippen LogP) is 10.8. The summed E-state index contributed by atoms with van der Waals surface area (Å²) in [5.74, 6) is -3.12. The molecule has 0 saturated heterocycles. The second-order valence-corrected chi connectivity index (χ2v) is 16.0. The maximum absolute atomic E-state index is 14.8. The Morgan fingerprint density at radius 1 is 0.709 bits per heavy atom. The average molecular weight is 777 g/mol. The maximum atomic E-state index is 14.8. The number of carboxylic acid groups (broad SMARTS) is 1. The maximum Gasteiger partial charge on any atom is 0.335 e. The number of benzene rings is 3. The van der Waals surface area contributed by atoms with Gasteiger partial charge in [0.1, 0.15) is 11.5 Å². The summed E-state index contributed by atoms with van der Waals surface area (Å²) in [6.45, 7) is 8.99. The van der Waals surface area contributed by atoms with Gasteiger partial charge in [-0.3, -0.25) is 14.4 Å². The van der Waals surface area contributed by atoms with Crippen molar-refractivity contribution in [3.05, 3.63) is 89.5 Å². The third kappa shape index (κ3) is 13.4. The standard InChI is InChI=1S/C45H61ClN2O7/c1-6-8-9-10-11-12-13-14-15-16-17-18-20-23-33-30-35(32-38(31-33)54-44(46,7-2)41(47)52)45(40(51)43(3,4)5,42(53)48-36-24-21-19-22-25-36)55-37-28-26-34(27-29-37)39(49)50/h19,21-22,24-32H,6-18,20,23H2,1-5H3,(H2,47,52)(H,48,53)(H,49,50). The van der Waals surface area contributed by atoms with Crippen LogP contribution in [-0.2, 0) is 26.4 Å². The van der Waals surface area contributed by atoms with Crippen LogP contribution in [0.25, 0.3) is 0 Å². The van der Waals surface area contributed by atoms with E-state index in [9.17, 15) is 24.3 Å². The Morgan fingerprint density at radius 3 is 1.75 bits per heavy atom. The quantitative estimate of drug-likeness (QED) is 0.0441. The number of alkyl halides is 1. The van der Waals surface area contributed by atoms with Crippen LogP contribution in [0.1, 0.15) is 146 Å². The Morgan fingerprint density at radius 2 is 1.25 bits per heavy atom. The van der Waals surface area contributed by atoms with Gasteiger partial charge in [0.2, 0.25) is 0 Å². The largest absolute Gasteiger partial charge is 0.478 e. The van der Waals surface area contributed by atoms with E-state index in [2.05, 4.69) is 12.2 Å². The number of hydrogen-bond acceptors (Lipinski definition) is 6. The molecular formula is C45H61ClN2O7. The second-order valence-electron chi connectivity index (χ2n) is 15.4. The molecule has 2 unspecified atom stereocenters. The predicted molar refractivity (Wildman–Crippen MR) is 220 cm³/mol. The van der Waals surface area contributed by atoms with E-state index >= 15 is 0 Å². The molecule has 3 aromatic carbocycles. The number of aromatic carboxylic acids is 1. The smallest absolute Gasteiger partial charge is 0.335 e. The van der Waals surface area contributed by atoms with E-state index in [1.807, 2.05) is 0 Å². The first-order chi connectivity index (χ1) is 26.2. The lowest BCUT2D eigenvalue weighted by molar-refractivity contribution is -0.152. The van der Waals surface area contributed by atoms with Gasteiger partial charge in [-0.2, -0.15) is 0 Å². The normalized spacial score (nSPS) is 13.6. The number of Topliss-reactive ketones (excluding diaryl/α,β-unsaturated/α-hetero) is 1. The Kier molecular flexibility index (Phi) is 17.7. The van der Waals surface area contributed by atoms with Crippen LogP contribution in [0.5, 0.6) is 11.5 Å². The molecule has 300 valence electrons. The number of primary amides is 1. The van der Waals surface area contributed by atoms with E-state index in [1.54, 1.807) is 70.2 Å². The molecule has 0 aliphatic carbocycles. The molecule has 4 N–H and O–H groups in total. The lowest BCUT2D eigenvalue weighted by Gasteiger charge is -2.37. The highest BCUT2D eigenvalue weighted by atomic mass is 35.5. The first-order valence-electron chi connectivity index (χ1n) is 19.9. The van der Waals surface area contributed by atoms with Gasteiger partial charge in [0, 0.05) is 23.1 Å². The number of nitrogens with two attached hydrogens (primary N) is 1. The molecule has 0 aromatic heterocycles. The van der Waals surface area contributed by atoms with Gasteiger partial charge in [-0.25, -0.2) is 4.79 Å². The number of hydrogen-bond donors (Lipinski definition) is 3. The van der Waals surface area contributed by atoms with Gasteiger partial charge in [-0.15, -0.1) is 0 Å². The summed E-state index contributed by atoms with van der Waals surface area (Å²) in [5, 5.41) is 10.5. The number of carboxylic acids is 1. The van der Waals surface area contributed by atoms with Crippen LogP contribution < -0.4 is 20.5 Å². The van der Waals surface area contributed by atoms with Gasteiger partial charge < -0.3 is 25.6 Å². The molecule has 0 aliphatic heterocycles. The van der Waals surface area contributed by atoms with E-state index in [4.69, 9.17) is 26.8 Å². The van der Waals surface area contributed by atoms with E-state index in [0.717, 1.165) is 31.2 Å². The van der Waals surface area contributed by atoms with Crippen LogP contribution in [0.4, 0.5) is 5.69 Å². The van der Waals surface area contributed by atoms with Crippen molar-refractivity contribution in [3.63, 3.8) is 0 Å². The minimum Gasteiger partial charge on any atom is -0.478 e. The minimum atomic E-state index is -2.31. The van der Waals surface area contributed by atoms with Crippen LogP contribution in [-0.4, -0.2) is 33.7 Å². The van der Waals surface area contributed by atoms with Crippen molar-refractivity contribution in [1.29, 1.82) is 0 Å². The van der Waals surface area contributed by atoms with Gasteiger partial charge in [0.25, 0.3) is 22.5 Å². The number of amides is 2. The number of unbranched alkanes of at least 4 members (excludes halogenated alkanes) is 12. The lowest BCUT2D eigenvalue weighted by Crippen LogP contribution is -2.55. The van der Waals surface area contributed by atoms with Gasteiger partial charge >= 0.3 is 5.97 Å². The molecule has 0 fully saturated rings. The van der Waals surface area contributed by atoms with Crippen LogP contribution in [0.2, 0.25) is 0 Å². The summed E-state index contributed by atoms with van der Waals surface area (Å²) in [6, 6.07) is 19.2. The topological polar surface area (TPSA) is 145 Å². The molecule has 0 spiro atoms. The molecule has 0 saturated carbocycles. The summed E-state index contributed by atoms with van der Waals surface area (Å²) in [5.41, 5.74) is 3.60. The Bertz CT molecular complexity index is 1690. The summed E-state index contributed by atoms with van der Waals surface area (Å²) in [4.78, 5) is 53.7. The lowest BCUT2D eigenvalue weighted by atomic mass is 9.75. The Labute approximate surface area is 332 Å². The number of nitrogens with one attached hydrogen (secondary N) is 1. The summed E-state index contributed by atoms with van der Waals surface area (Å²) in [7, 11) is 0. The fourth-order valence-corrected chi connectivity index (χ4v) is 6.61. The SMILES string of the molecule is CCCCCCCCCCCCCCCc1cc(OC(Cl)(CC)C(N)=O)cc(C(Oc2ccc(C(=O)O)cc2)(C(=O)Nc2ccccc2)C(=O)C(C)(C)C)c1. The van der Waals surface area contributed by atoms with Crippen LogP contribution >= 0.6 is 11.6 Å². The van der Waals surface area contributed by atoms with Crippen molar-refractivity contribution in [2.75, 3.05) is 5.32 Å². The number of ether oxygens (including phenoxy) is 2. The fraction of sp³-hybridized carbons (Fsp3) is 0.511. The molecule has 0 bridgehead atoms. The summed E-state index contributed by atoms with van der Waals surface area (Å²) in [6.07, 6.45) is 16.4. The number of rotatable bonds is 25. The number of carbonyl (C=O) groups is 4. The number of anilines is 1. The van der Waals surface area contributed by atoms with Crippen molar-refractivity contribution in [2.45, 2.75) is 142 Å². The molecular weight excluding hydrogens is 716 g/mol. The fourth-order valence-electron chi connectivity index (χ4n) is 6.53. The molecule has 2 amide bonds. The highest BCUT2D eigenvalue weighted by Gasteiger charge is 2.54. The minimum absolute atomic E-state index is 0.00814. The zero-order valence-corrected chi connectivity index (χ0v) is 34.1. The molecule has 2 atom stereocenters. The zero-order valence-electron chi connectivity index (χ0n) is 33.4. The van der Waals surface area contributed by atoms with Gasteiger partial charge in [-0.05, 0) is 66.9 Å². The monoisotopic (exact) mass is 776 g/mol. The van der Waals surface area contributed by atoms with Crippen molar-refractivity contribution >= 4 is 40.9 Å².